The first-order valence-electron chi connectivity index (χ1n) is 5.13. The lowest BCUT2D eigenvalue weighted by Crippen LogP contribution is -2.06. The maximum Gasteiger partial charge on any atom is 0.253 e. The SMILES string of the molecule is Cc1cc(F)ccc1Nc1c(F)c(F)nc(F)c1F. The number of nitrogens with one attached hydrogen (secondary N) is 1. The third kappa shape index (κ3) is 2.49. The molecule has 1 N–H and O–H groups in total. The van der Waals surface area contributed by atoms with Crippen LogP contribution in [-0.2, 0) is 0 Å². The normalized spacial score (nSPS) is 10.6. The molecule has 0 unspecified atom stereocenters. The highest BCUT2D eigenvalue weighted by Gasteiger charge is 2.21. The second kappa shape index (κ2) is 4.83. The molecular formula is C12H7F5N2. The Morgan fingerprint density at radius 3 is 2.05 bits per heavy atom. The van der Waals surface area contributed by atoms with Crippen LogP contribution in [0.4, 0.5) is 33.3 Å². The molecule has 0 amide bonds. The number of benzene rings is 1. The van der Waals surface area contributed by atoms with Crippen molar-refractivity contribution in [3.63, 3.8) is 0 Å². The van der Waals surface area contributed by atoms with Gasteiger partial charge in [-0.2, -0.15) is 22.5 Å². The highest BCUT2D eigenvalue weighted by atomic mass is 19.2. The van der Waals surface area contributed by atoms with Crippen LogP contribution in [0, 0.1) is 36.3 Å². The lowest BCUT2D eigenvalue weighted by Gasteiger charge is -2.11. The summed E-state index contributed by atoms with van der Waals surface area (Å²) in [5.74, 6) is -7.37. The first-order valence-corrected chi connectivity index (χ1v) is 5.13. The lowest BCUT2D eigenvalue weighted by atomic mass is 10.2. The van der Waals surface area contributed by atoms with E-state index in [1.165, 1.54) is 13.0 Å². The van der Waals surface area contributed by atoms with Crippen molar-refractivity contribution >= 4 is 11.4 Å². The van der Waals surface area contributed by atoms with Gasteiger partial charge in [0.05, 0.1) is 0 Å². The summed E-state index contributed by atoms with van der Waals surface area (Å²) in [6.07, 6.45) is 0. The number of hydrogen-bond donors (Lipinski definition) is 1. The zero-order chi connectivity index (χ0) is 14.2. The minimum atomic E-state index is -1.76. The van der Waals surface area contributed by atoms with E-state index in [4.69, 9.17) is 0 Å². The zero-order valence-electron chi connectivity index (χ0n) is 9.57. The Labute approximate surface area is 104 Å². The van der Waals surface area contributed by atoms with Crippen LogP contribution in [0.25, 0.3) is 0 Å². The Morgan fingerprint density at radius 1 is 0.947 bits per heavy atom. The predicted molar refractivity (Wildman–Crippen MR) is 58.5 cm³/mol. The molecule has 1 aromatic heterocycles. The smallest absolute Gasteiger partial charge is 0.253 e. The van der Waals surface area contributed by atoms with Crippen molar-refractivity contribution in [3.05, 3.63) is 53.1 Å². The minimum Gasteiger partial charge on any atom is -0.350 e. The molecule has 0 radical (unpaired) electrons. The second-order valence-corrected chi connectivity index (χ2v) is 3.78. The number of hydrogen-bond acceptors (Lipinski definition) is 2. The van der Waals surface area contributed by atoms with Gasteiger partial charge in [0.2, 0.25) is 11.6 Å². The third-order valence-corrected chi connectivity index (χ3v) is 2.45. The Kier molecular flexibility index (Phi) is 3.37. The summed E-state index contributed by atoms with van der Waals surface area (Å²) < 4.78 is 65.4. The van der Waals surface area contributed by atoms with Crippen LogP contribution in [-0.4, -0.2) is 4.98 Å². The van der Waals surface area contributed by atoms with Gasteiger partial charge in [-0.15, -0.1) is 0 Å². The van der Waals surface area contributed by atoms with Crippen molar-refractivity contribution in [1.82, 2.24) is 4.98 Å². The number of aryl methyl sites for hydroxylation is 1. The molecule has 0 aliphatic carbocycles. The molecule has 19 heavy (non-hydrogen) atoms. The van der Waals surface area contributed by atoms with E-state index in [9.17, 15) is 22.0 Å². The maximum atomic E-state index is 13.4. The molecule has 0 saturated carbocycles. The summed E-state index contributed by atoms with van der Waals surface area (Å²) in [6, 6.07) is 3.34. The van der Waals surface area contributed by atoms with Crippen LogP contribution in [0.2, 0.25) is 0 Å². The van der Waals surface area contributed by atoms with E-state index in [0.717, 1.165) is 12.1 Å². The topological polar surface area (TPSA) is 24.9 Å². The number of halogens is 5. The van der Waals surface area contributed by atoms with Crippen LogP contribution in [0.1, 0.15) is 5.56 Å². The fourth-order valence-electron chi connectivity index (χ4n) is 1.50. The average Bonchev–Trinajstić information content (AvgIpc) is 2.34. The summed E-state index contributed by atoms with van der Waals surface area (Å²) in [5.41, 5.74) is -0.583. The van der Waals surface area contributed by atoms with Crippen molar-refractivity contribution < 1.29 is 22.0 Å². The number of nitrogens with zero attached hydrogens (tertiary/aromatic N) is 1. The van der Waals surface area contributed by atoms with Crippen LogP contribution < -0.4 is 5.32 Å². The van der Waals surface area contributed by atoms with Gasteiger partial charge in [-0.25, -0.2) is 4.39 Å². The summed E-state index contributed by atoms with van der Waals surface area (Å²) in [5, 5.41) is 2.18. The van der Waals surface area contributed by atoms with Crippen molar-refractivity contribution in [1.29, 1.82) is 0 Å². The van der Waals surface area contributed by atoms with E-state index in [1.54, 1.807) is 0 Å². The minimum absolute atomic E-state index is 0.115. The third-order valence-electron chi connectivity index (χ3n) is 2.45. The number of pyridine rings is 1. The van der Waals surface area contributed by atoms with Gasteiger partial charge in [0.25, 0.3) is 11.9 Å². The number of aromatic nitrogens is 1. The van der Waals surface area contributed by atoms with E-state index in [0.29, 0.717) is 5.56 Å². The van der Waals surface area contributed by atoms with Gasteiger partial charge >= 0.3 is 0 Å². The molecule has 0 saturated heterocycles. The predicted octanol–water partition coefficient (Wildman–Crippen LogP) is 3.83. The summed E-state index contributed by atoms with van der Waals surface area (Å²) in [6.45, 7) is 1.47. The maximum absolute atomic E-state index is 13.4. The molecule has 2 nitrogen and oxygen atoms in total. The van der Waals surface area contributed by atoms with E-state index < -0.39 is 35.0 Å². The van der Waals surface area contributed by atoms with Gasteiger partial charge in [-0.1, -0.05) is 0 Å². The monoisotopic (exact) mass is 274 g/mol. The van der Waals surface area contributed by atoms with E-state index in [1.807, 2.05) is 0 Å². The molecule has 0 fully saturated rings. The highest BCUT2D eigenvalue weighted by Crippen LogP contribution is 2.27. The zero-order valence-corrected chi connectivity index (χ0v) is 9.57. The highest BCUT2D eigenvalue weighted by molar-refractivity contribution is 5.63. The van der Waals surface area contributed by atoms with Crippen molar-refractivity contribution in [2.45, 2.75) is 6.92 Å². The first-order chi connectivity index (χ1) is 8.90. The summed E-state index contributed by atoms with van der Waals surface area (Å²) in [4.78, 5) is 2.43. The molecule has 7 heteroatoms. The van der Waals surface area contributed by atoms with Crippen LogP contribution >= 0.6 is 0 Å². The Bertz CT molecular complexity index is 616. The molecule has 0 bridgehead atoms. The molecule has 1 aromatic carbocycles. The van der Waals surface area contributed by atoms with E-state index >= 15 is 0 Å². The molecule has 2 rings (SSSR count). The van der Waals surface area contributed by atoms with Gasteiger partial charge in [-0.3, -0.25) is 0 Å². The molecule has 1 heterocycles. The van der Waals surface area contributed by atoms with Gasteiger partial charge < -0.3 is 5.32 Å². The molecule has 2 aromatic rings. The summed E-state index contributed by atoms with van der Waals surface area (Å²) in [7, 11) is 0. The molecule has 0 spiro atoms. The Balaban J connectivity index is 2.49. The van der Waals surface area contributed by atoms with Crippen LogP contribution in [0.3, 0.4) is 0 Å². The Morgan fingerprint density at radius 2 is 1.53 bits per heavy atom. The van der Waals surface area contributed by atoms with Crippen molar-refractivity contribution in [3.8, 4) is 0 Å². The molecule has 100 valence electrons. The van der Waals surface area contributed by atoms with Crippen LogP contribution in [0.15, 0.2) is 18.2 Å². The molecule has 0 atom stereocenters. The second-order valence-electron chi connectivity index (χ2n) is 3.78. The standard InChI is InChI=1S/C12H7F5N2/c1-5-4-6(13)2-3-7(5)18-10-8(14)11(16)19-12(17)9(10)15/h2-4H,1H3,(H,18,19). The largest absolute Gasteiger partial charge is 0.350 e. The Hall–Kier alpha value is -2.18. The fourth-order valence-corrected chi connectivity index (χ4v) is 1.50. The average molecular weight is 274 g/mol. The molecule has 0 aliphatic heterocycles. The van der Waals surface area contributed by atoms with Gasteiger partial charge in [0.15, 0.2) is 0 Å². The quantitative estimate of drug-likeness (QED) is 0.665. The lowest BCUT2D eigenvalue weighted by molar-refractivity contribution is 0.411. The van der Waals surface area contributed by atoms with Gasteiger partial charge in [0, 0.05) is 5.69 Å². The van der Waals surface area contributed by atoms with Crippen molar-refractivity contribution in [2.24, 2.45) is 0 Å². The van der Waals surface area contributed by atoms with E-state index in [2.05, 4.69) is 10.3 Å². The van der Waals surface area contributed by atoms with Crippen LogP contribution in [0.5, 0.6) is 0 Å². The van der Waals surface area contributed by atoms with E-state index in [-0.39, 0.29) is 5.69 Å². The fraction of sp³-hybridized carbons (Fsp3) is 0.0833. The molecule has 0 aliphatic rings. The number of anilines is 2. The first kappa shape index (κ1) is 13.3. The van der Waals surface area contributed by atoms with Gasteiger partial charge in [0.1, 0.15) is 11.5 Å². The van der Waals surface area contributed by atoms with Gasteiger partial charge in [-0.05, 0) is 30.7 Å². The number of rotatable bonds is 2. The summed E-state index contributed by atoms with van der Waals surface area (Å²) >= 11 is 0. The molecular weight excluding hydrogens is 267 g/mol. The van der Waals surface area contributed by atoms with Crippen molar-refractivity contribution in [2.75, 3.05) is 5.32 Å².